The maximum atomic E-state index is 13.1. The summed E-state index contributed by atoms with van der Waals surface area (Å²) in [5.41, 5.74) is 4.84. The highest BCUT2D eigenvalue weighted by Gasteiger charge is 2.30. The maximum Gasteiger partial charge on any atom is 0.416 e. The molecule has 21 heavy (non-hydrogen) atoms. The largest absolute Gasteiger partial charge is 0.457 e. The number of alkyl halides is 3. The lowest BCUT2D eigenvalue weighted by Crippen LogP contribution is -2.11. The van der Waals surface area contributed by atoms with E-state index in [-0.39, 0.29) is 22.1 Å². The van der Waals surface area contributed by atoms with Crippen LogP contribution in [0, 0.1) is 5.82 Å². The molecular formula is C14H9F4NOS. The first-order valence-electron chi connectivity index (χ1n) is 5.72. The van der Waals surface area contributed by atoms with Gasteiger partial charge in [-0.2, -0.15) is 13.2 Å². The lowest BCUT2D eigenvalue weighted by Gasteiger charge is -2.11. The number of ether oxygens (including phenoxy) is 1. The Hall–Kier alpha value is -2.15. The van der Waals surface area contributed by atoms with E-state index in [1.165, 1.54) is 6.07 Å². The fourth-order valence-corrected chi connectivity index (χ4v) is 1.78. The average Bonchev–Trinajstić information content (AvgIpc) is 2.40. The molecule has 0 amide bonds. The molecule has 2 aromatic rings. The molecular weight excluding hydrogens is 306 g/mol. The van der Waals surface area contributed by atoms with E-state index < -0.39 is 17.6 Å². The van der Waals surface area contributed by atoms with E-state index in [4.69, 9.17) is 22.7 Å². The lowest BCUT2D eigenvalue weighted by molar-refractivity contribution is -0.137. The number of benzene rings is 2. The molecule has 7 heteroatoms. The Labute approximate surface area is 123 Å². The Kier molecular flexibility index (Phi) is 4.13. The Balaban J connectivity index is 2.28. The molecule has 0 aliphatic carbocycles. The van der Waals surface area contributed by atoms with Crippen LogP contribution in [-0.2, 0) is 6.18 Å². The molecule has 0 heterocycles. The SMILES string of the molecule is NC(=S)c1cc(F)ccc1Oc1ccc(C(F)(F)F)cc1. The topological polar surface area (TPSA) is 35.2 Å². The van der Waals surface area contributed by atoms with Crippen molar-refractivity contribution in [3.63, 3.8) is 0 Å². The van der Waals surface area contributed by atoms with Gasteiger partial charge < -0.3 is 10.5 Å². The highest BCUT2D eigenvalue weighted by molar-refractivity contribution is 7.80. The molecule has 2 rings (SSSR count). The van der Waals surface area contributed by atoms with E-state index in [1.807, 2.05) is 0 Å². The van der Waals surface area contributed by atoms with E-state index >= 15 is 0 Å². The minimum atomic E-state index is -4.42. The highest BCUT2D eigenvalue weighted by atomic mass is 32.1. The Bertz CT molecular complexity index is 668. The minimum absolute atomic E-state index is 0.0728. The van der Waals surface area contributed by atoms with Crippen LogP contribution < -0.4 is 10.5 Å². The number of thiocarbonyl (C=S) groups is 1. The molecule has 0 spiro atoms. The molecule has 110 valence electrons. The van der Waals surface area contributed by atoms with E-state index in [1.54, 1.807) is 0 Å². The molecule has 2 aromatic carbocycles. The van der Waals surface area contributed by atoms with Crippen LogP contribution in [0.1, 0.15) is 11.1 Å². The molecule has 0 aromatic heterocycles. The van der Waals surface area contributed by atoms with Crippen molar-refractivity contribution < 1.29 is 22.3 Å². The van der Waals surface area contributed by atoms with Gasteiger partial charge in [0, 0.05) is 0 Å². The third-order valence-electron chi connectivity index (χ3n) is 2.62. The second-order valence-electron chi connectivity index (χ2n) is 4.13. The van der Waals surface area contributed by atoms with Crippen LogP contribution >= 0.6 is 12.2 Å². The van der Waals surface area contributed by atoms with Crippen LogP contribution in [0.4, 0.5) is 17.6 Å². The number of nitrogens with two attached hydrogens (primary N) is 1. The fourth-order valence-electron chi connectivity index (χ4n) is 1.62. The predicted molar refractivity (Wildman–Crippen MR) is 73.8 cm³/mol. The van der Waals surface area contributed by atoms with Crippen LogP contribution in [0.25, 0.3) is 0 Å². The van der Waals surface area contributed by atoms with Gasteiger partial charge in [0.15, 0.2) is 0 Å². The molecule has 0 radical (unpaired) electrons. The van der Waals surface area contributed by atoms with Gasteiger partial charge in [-0.25, -0.2) is 4.39 Å². The molecule has 0 saturated carbocycles. The second-order valence-corrected chi connectivity index (χ2v) is 4.57. The van der Waals surface area contributed by atoms with Crippen LogP contribution in [-0.4, -0.2) is 4.99 Å². The summed E-state index contributed by atoms with van der Waals surface area (Å²) < 4.78 is 55.9. The van der Waals surface area contributed by atoms with Gasteiger partial charge in [-0.3, -0.25) is 0 Å². The average molecular weight is 315 g/mol. The second kappa shape index (κ2) is 5.69. The van der Waals surface area contributed by atoms with Crippen LogP contribution in [0.15, 0.2) is 42.5 Å². The maximum absolute atomic E-state index is 13.1. The third-order valence-corrected chi connectivity index (χ3v) is 2.84. The summed E-state index contributed by atoms with van der Waals surface area (Å²) >= 11 is 4.78. The number of hydrogen-bond acceptors (Lipinski definition) is 2. The van der Waals surface area contributed by atoms with Crippen LogP contribution in [0.5, 0.6) is 11.5 Å². The minimum Gasteiger partial charge on any atom is -0.457 e. The van der Waals surface area contributed by atoms with Crippen molar-refractivity contribution in [1.82, 2.24) is 0 Å². The van der Waals surface area contributed by atoms with Gasteiger partial charge in [0.25, 0.3) is 0 Å². The summed E-state index contributed by atoms with van der Waals surface area (Å²) in [6, 6.07) is 7.65. The Morgan fingerprint density at radius 2 is 1.67 bits per heavy atom. The number of hydrogen-bond donors (Lipinski definition) is 1. The molecule has 0 saturated heterocycles. The van der Waals surface area contributed by atoms with Gasteiger partial charge in [0.1, 0.15) is 22.3 Å². The van der Waals surface area contributed by atoms with Crippen molar-refractivity contribution in [2.24, 2.45) is 5.73 Å². The molecule has 0 fully saturated rings. The lowest BCUT2D eigenvalue weighted by atomic mass is 10.2. The monoisotopic (exact) mass is 315 g/mol. The molecule has 2 nitrogen and oxygen atoms in total. The summed E-state index contributed by atoms with van der Waals surface area (Å²) in [6.45, 7) is 0. The molecule has 0 aliphatic heterocycles. The number of rotatable bonds is 3. The van der Waals surface area contributed by atoms with Crippen LogP contribution in [0.3, 0.4) is 0 Å². The normalized spacial score (nSPS) is 11.2. The van der Waals surface area contributed by atoms with Crippen molar-refractivity contribution >= 4 is 17.2 Å². The Morgan fingerprint density at radius 3 is 2.19 bits per heavy atom. The zero-order valence-electron chi connectivity index (χ0n) is 10.4. The van der Waals surface area contributed by atoms with Gasteiger partial charge in [-0.1, -0.05) is 12.2 Å². The van der Waals surface area contributed by atoms with Gasteiger partial charge in [0.05, 0.1) is 11.1 Å². The van der Waals surface area contributed by atoms with Crippen molar-refractivity contribution in [3.8, 4) is 11.5 Å². The molecule has 0 aliphatic rings. The van der Waals surface area contributed by atoms with E-state index in [9.17, 15) is 17.6 Å². The molecule has 0 bridgehead atoms. The van der Waals surface area contributed by atoms with E-state index in [2.05, 4.69) is 0 Å². The van der Waals surface area contributed by atoms with Gasteiger partial charge in [0.2, 0.25) is 0 Å². The Morgan fingerprint density at radius 1 is 1.05 bits per heavy atom. The fraction of sp³-hybridized carbons (Fsp3) is 0.0714. The predicted octanol–water partition coefficient (Wildman–Crippen LogP) is 4.27. The zero-order valence-corrected chi connectivity index (χ0v) is 11.3. The number of halogens is 4. The standard InChI is InChI=1S/C14H9F4NOS/c15-9-3-6-12(11(7-9)13(19)21)20-10-4-1-8(2-5-10)14(16,17)18/h1-7H,(H2,19,21). The van der Waals surface area contributed by atoms with Crippen molar-refractivity contribution in [1.29, 1.82) is 0 Å². The van der Waals surface area contributed by atoms with Gasteiger partial charge in [-0.15, -0.1) is 0 Å². The van der Waals surface area contributed by atoms with E-state index in [0.29, 0.717) is 0 Å². The smallest absolute Gasteiger partial charge is 0.416 e. The van der Waals surface area contributed by atoms with Crippen LogP contribution in [0.2, 0.25) is 0 Å². The van der Waals surface area contributed by atoms with Crippen molar-refractivity contribution in [2.75, 3.05) is 0 Å². The molecule has 2 N–H and O–H groups in total. The molecule has 0 atom stereocenters. The first kappa shape index (κ1) is 15.2. The quantitative estimate of drug-likeness (QED) is 0.678. The zero-order chi connectivity index (χ0) is 15.6. The molecule has 0 unspecified atom stereocenters. The van der Waals surface area contributed by atoms with Crippen molar-refractivity contribution in [2.45, 2.75) is 6.18 Å². The first-order chi connectivity index (χ1) is 9.77. The highest BCUT2D eigenvalue weighted by Crippen LogP contribution is 2.32. The van der Waals surface area contributed by atoms with Gasteiger partial charge >= 0.3 is 6.18 Å². The van der Waals surface area contributed by atoms with E-state index in [0.717, 1.165) is 36.4 Å². The summed E-state index contributed by atoms with van der Waals surface area (Å²) in [5.74, 6) is -0.215. The summed E-state index contributed by atoms with van der Waals surface area (Å²) in [4.78, 5) is -0.0728. The third kappa shape index (κ3) is 3.69. The first-order valence-corrected chi connectivity index (χ1v) is 6.12. The summed E-state index contributed by atoms with van der Waals surface area (Å²) in [6.07, 6.45) is -4.42. The summed E-state index contributed by atoms with van der Waals surface area (Å²) in [5, 5.41) is 0. The van der Waals surface area contributed by atoms with Crippen molar-refractivity contribution in [3.05, 3.63) is 59.4 Å². The van der Waals surface area contributed by atoms with Gasteiger partial charge in [-0.05, 0) is 42.5 Å². The summed E-state index contributed by atoms with van der Waals surface area (Å²) in [7, 11) is 0.